The number of amides is 1. The van der Waals surface area contributed by atoms with E-state index in [1.165, 1.54) is 64.3 Å². The number of rotatable bonds is 7. The van der Waals surface area contributed by atoms with E-state index in [1.54, 1.807) is 0 Å². The van der Waals surface area contributed by atoms with Gasteiger partial charge in [-0.2, -0.15) is 0 Å². The van der Waals surface area contributed by atoms with Gasteiger partial charge in [-0.1, -0.05) is 91.7 Å². The van der Waals surface area contributed by atoms with Crippen molar-refractivity contribution in [2.75, 3.05) is 6.54 Å². The first-order valence-corrected chi connectivity index (χ1v) is 16.6. The third kappa shape index (κ3) is 5.76. The molecule has 8 rings (SSSR count). The smallest absolute Gasteiger partial charge is 0.410 e. The molecule has 1 saturated heterocycles. The van der Waals surface area contributed by atoms with Gasteiger partial charge in [-0.3, -0.25) is 9.89 Å². The van der Waals surface area contributed by atoms with E-state index in [2.05, 4.69) is 65.6 Å². The molecule has 1 amide bonds. The molecule has 1 saturated carbocycles. The van der Waals surface area contributed by atoms with E-state index in [-0.39, 0.29) is 18.7 Å². The first-order valence-electron chi connectivity index (χ1n) is 16.6. The second-order valence-electron chi connectivity index (χ2n) is 12.9. The number of hydrogen-bond acceptors (Lipinski definition) is 4. The Morgan fingerprint density at radius 1 is 0.804 bits per heavy atom. The Morgan fingerprint density at radius 3 is 2.33 bits per heavy atom. The van der Waals surface area contributed by atoms with E-state index in [9.17, 15) is 4.79 Å². The number of aromatic amines is 1. The zero-order chi connectivity index (χ0) is 30.9. The maximum absolute atomic E-state index is 12.9. The second-order valence-corrected chi connectivity index (χ2v) is 12.9. The third-order valence-electron chi connectivity index (χ3n) is 9.91. The lowest BCUT2D eigenvalue weighted by atomic mass is 9.95. The molecule has 1 aromatic heterocycles. The number of carbonyl (C=O) groups excluding carboxylic acids is 1. The van der Waals surface area contributed by atoms with Crippen molar-refractivity contribution in [1.29, 1.82) is 0 Å². The molecule has 2 fully saturated rings. The van der Waals surface area contributed by atoms with Crippen LogP contribution in [0.15, 0.2) is 108 Å². The number of carbonyl (C=O) groups is 1. The Hall–Kier alpha value is -4.97. The van der Waals surface area contributed by atoms with Gasteiger partial charge < -0.3 is 9.72 Å². The Labute approximate surface area is 269 Å². The van der Waals surface area contributed by atoms with Crippen LogP contribution in [0.3, 0.4) is 0 Å². The number of imidazole rings is 1. The van der Waals surface area contributed by atoms with Crippen LogP contribution in [-0.4, -0.2) is 39.3 Å². The number of fused-ring (bicyclic) bond motifs is 1. The third-order valence-corrected chi connectivity index (χ3v) is 9.91. The van der Waals surface area contributed by atoms with Gasteiger partial charge in [-0.05, 0) is 76.4 Å². The van der Waals surface area contributed by atoms with Gasteiger partial charge in [0.15, 0.2) is 0 Å². The average molecular weight is 607 g/mol. The summed E-state index contributed by atoms with van der Waals surface area (Å²) in [5.41, 5.74) is 9.06. The molecule has 1 N–H and O–H groups in total. The zero-order valence-electron chi connectivity index (χ0n) is 26.0. The van der Waals surface area contributed by atoms with E-state index in [0.717, 1.165) is 42.1 Å². The van der Waals surface area contributed by atoms with Crippen LogP contribution in [-0.2, 0) is 11.3 Å². The largest absolute Gasteiger partial charge is 0.445 e. The van der Waals surface area contributed by atoms with Crippen LogP contribution in [0.2, 0.25) is 0 Å². The molecule has 6 heteroatoms. The highest BCUT2D eigenvalue weighted by atomic mass is 16.6. The molecule has 0 radical (unpaired) electrons. The lowest BCUT2D eigenvalue weighted by Gasteiger charge is -2.24. The standard InChI is InChI=1S/C40H38N4O2/c45-40(46-26-27-7-2-1-3-8-27)44-20-6-11-38(44)36-23-35(24-41-36)29-14-12-28(13-15-29)31-16-17-33-22-34(19-18-32(33)21-31)37-25-42-39(43-37)30-9-4-5-10-30/h1-3,7-8,12-19,21-22,24-25,30,38H,4-6,9-11,20,23,26H2,(H,42,43)/t38-/m0/s1. The number of H-pyrrole nitrogens is 1. The van der Waals surface area contributed by atoms with Crippen molar-refractivity contribution >= 4 is 28.2 Å². The molecule has 3 aliphatic rings. The molecule has 0 bridgehead atoms. The number of likely N-dealkylation sites (tertiary alicyclic amines) is 1. The number of nitrogens with zero attached hydrogens (tertiary/aromatic N) is 3. The van der Waals surface area contributed by atoms with Crippen LogP contribution < -0.4 is 0 Å². The Bertz CT molecular complexity index is 1930. The van der Waals surface area contributed by atoms with Gasteiger partial charge >= 0.3 is 6.09 Å². The summed E-state index contributed by atoms with van der Waals surface area (Å²) < 4.78 is 5.65. The zero-order valence-corrected chi connectivity index (χ0v) is 26.0. The molecule has 0 unspecified atom stereocenters. The van der Waals surface area contributed by atoms with Gasteiger partial charge in [0.2, 0.25) is 0 Å². The highest BCUT2D eigenvalue weighted by Gasteiger charge is 2.35. The fraction of sp³-hybridized carbons (Fsp3) is 0.275. The molecule has 46 heavy (non-hydrogen) atoms. The van der Waals surface area contributed by atoms with Crippen molar-refractivity contribution in [3.8, 4) is 22.4 Å². The summed E-state index contributed by atoms with van der Waals surface area (Å²) in [6, 6.07) is 31.9. The summed E-state index contributed by atoms with van der Waals surface area (Å²) in [5.74, 6) is 1.73. The average Bonchev–Trinajstić information content (AvgIpc) is 3.94. The normalized spacial score (nSPS) is 18.3. The number of aliphatic imine (C=N–C) groups is 1. The fourth-order valence-electron chi connectivity index (χ4n) is 7.32. The van der Waals surface area contributed by atoms with Crippen LogP contribution in [0, 0.1) is 0 Å². The minimum atomic E-state index is -0.256. The van der Waals surface area contributed by atoms with Crippen LogP contribution in [0.5, 0.6) is 0 Å². The first kappa shape index (κ1) is 28.5. The van der Waals surface area contributed by atoms with E-state index in [1.807, 2.05) is 47.6 Å². The topological polar surface area (TPSA) is 70.6 Å². The Morgan fingerprint density at radius 2 is 1.52 bits per heavy atom. The van der Waals surface area contributed by atoms with Gasteiger partial charge in [0.1, 0.15) is 12.4 Å². The van der Waals surface area contributed by atoms with Gasteiger partial charge in [-0.25, -0.2) is 9.78 Å². The SMILES string of the molecule is O=C(OCc1ccccc1)N1CCC[C@H]1C1=NC=C(c2ccc(-c3ccc4cc(-c5cnc(C6CCCC6)[nH]5)ccc4c3)cc2)C1. The monoisotopic (exact) mass is 606 g/mol. The van der Waals surface area contributed by atoms with Crippen molar-refractivity contribution in [1.82, 2.24) is 14.9 Å². The summed E-state index contributed by atoms with van der Waals surface area (Å²) in [4.78, 5) is 27.9. The lowest BCUT2D eigenvalue weighted by Crippen LogP contribution is -2.40. The predicted molar refractivity (Wildman–Crippen MR) is 185 cm³/mol. The van der Waals surface area contributed by atoms with Crippen LogP contribution in [0.1, 0.15) is 67.8 Å². The predicted octanol–water partition coefficient (Wildman–Crippen LogP) is 9.54. The molecule has 2 aliphatic heterocycles. The summed E-state index contributed by atoms with van der Waals surface area (Å²) in [6.45, 7) is 0.995. The number of allylic oxidation sites excluding steroid dienone is 1. The van der Waals surface area contributed by atoms with Crippen molar-refractivity contribution in [3.05, 3.63) is 120 Å². The lowest BCUT2D eigenvalue weighted by molar-refractivity contribution is 0.0992. The van der Waals surface area contributed by atoms with Crippen molar-refractivity contribution < 1.29 is 9.53 Å². The molecule has 4 aromatic carbocycles. The molecular weight excluding hydrogens is 568 g/mol. The fourth-order valence-corrected chi connectivity index (χ4v) is 7.32. The number of hydrogen-bond donors (Lipinski definition) is 1. The minimum Gasteiger partial charge on any atom is -0.445 e. The summed E-state index contributed by atoms with van der Waals surface area (Å²) >= 11 is 0. The highest BCUT2D eigenvalue weighted by Crippen LogP contribution is 2.35. The van der Waals surface area contributed by atoms with E-state index < -0.39 is 0 Å². The van der Waals surface area contributed by atoms with Crippen molar-refractivity contribution in [3.63, 3.8) is 0 Å². The Kier molecular flexibility index (Phi) is 7.70. The van der Waals surface area contributed by atoms with E-state index in [4.69, 9.17) is 14.7 Å². The van der Waals surface area contributed by atoms with Crippen LogP contribution in [0.4, 0.5) is 4.79 Å². The number of benzene rings is 4. The molecule has 1 aliphatic carbocycles. The van der Waals surface area contributed by atoms with Gasteiger partial charge in [0.25, 0.3) is 0 Å². The second kappa shape index (κ2) is 12.4. The molecule has 3 heterocycles. The van der Waals surface area contributed by atoms with Crippen molar-refractivity contribution in [2.24, 2.45) is 4.99 Å². The van der Waals surface area contributed by atoms with Crippen LogP contribution in [0.25, 0.3) is 38.7 Å². The quantitative estimate of drug-likeness (QED) is 0.201. The molecule has 0 spiro atoms. The van der Waals surface area contributed by atoms with Gasteiger partial charge in [0, 0.05) is 36.4 Å². The maximum Gasteiger partial charge on any atom is 0.410 e. The maximum atomic E-state index is 12.9. The van der Waals surface area contributed by atoms with Gasteiger partial charge in [0.05, 0.1) is 17.9 Å². The highest BCUT2D eigenvalue weighted by molar-refractivity contribution is 6.03. The molecule has 5 aromatic rings. The number of ether oxygens (including phenoxy) is 1. The summed E-state index contributed by atoms with van der Waals surface area (Å²) in [5, 5.41) is 2.45. The minimum absolute atomic E-state index is 0.00275. The summed E-state index contributed by atoms with van der Waals surface area (Å²) in [7, 11) is 0. The molecule has 1 atom stereocenters. The van der Waals surface area contributed by atoms with E-state index in [0.29, 0.717) is 12.5 Å². The Balaban J connectivity index is 0.910. The molecule has 230 valence electrons. The number of nitrogens with one attached hydrogen (secondary N) is 1. The van der Waals surface area contributed by atoms with Crippen molar-refractivity contribution in [2.45, 2.75) is 63.5 Å². The van der Waals surface area contributed by atoms with Crippen LogP contribution >= 0.6 is 0 Å². The van der Waals surface area contributed by atoms with Gasteiger partial charge in [-0.15, -0.1) is 0 Å². The molecular formula is C40H38N4O2. The first-order chi connectivity index (χ1) is 22.7. The van der Waals surface area contributed by atoms with E-state index >= 15 is 0 Å². The molecule has 6 nitrogen and oxygen atoms in total. The summed E-state index contributed by atoms with van der Waals surface area (Å²) in [6.07, 6.45) is 11.5. The number of aromatic nitrogens is 2.